The molecule has 2 nitrogen and oxygen atoms in total. The number of halogens is 2. The van der Waals surface area contributed by atoms with Crippen molar-refractivity contribution in [3.8, 4) is 0 Å². The summed E-state index contributed by atoms with van der Waals surface area (Å²) in [5.41, 5.74) is 2.59. The topological polar surface area (TPSA) is 6.48 Å². The number of rotatable bonds is 7. The first-order chi connectivity index (χ1) is 8.58. The number of alkyl halides is 1. The van der Waals surface area contributed by atoms with Crippen molar-refractivity contribution in [2.45, 2.75) is 18.7 Å². The molecule has 4 heteroatoms. The van der Waals surface area contributed by atoms with Gasteiger partial charge in [-0.25, -0.2) is 0 Å². The molecule has 0 amide bonds. The maximum absolute atomic E-state index is 3.68. The van der Waals surface area contributed by atoms with E-state index in [2.05, 4.69) is 80.9 Å². The lowest BCUT2D eigenvalue weighted by Gasteiger charge is -2.25. The molecule has 1 aromatic rings. The zero-order valence-corrected chi connectivity index (χ0v) is 14.6. The maximum atomic E-state index is 3.68. The van der Waals surface area contributed by atoms with Gasteiger partial charge in [-0.3, -0.25) is 0 Å². The van der Waals surface area contributed by atoms with Gasteiger partial charge in [0.25, 0.3) is 0 Å². The van der Waals surface area contributed by atoms with Gasteiger partial charge in [-0.05, 0) is 67.6 Å². The highest BCUT2D eigenvalue weighted by Crippen LogP contribution is 2.28. The van der Waals surface area contributed by atoms with Gasteiger partial charge in [-0.2, -0.15) is 0 Å². The molecule has 0 atom stereocenters. The number of nitrogens with zero attached hydrogens (tertiary/aromatic N) is 2. The summed E-state index contributed by atoms with van der Waals surface area (Å²) < 4.78 is 1.19. The highest BCUT2D eigenvalue weighted by molar-refractivity contribution is 9.10. The van der Waals surface area contributed by atoms with Crippen molar-refractivity contribution in [2.75, 3.05) is 38.6 Å². The van der Waals surface area contributed by atoms with E-state index < -0.39 is 0 Å². The first-order valence-electron chi connectivity index (χ1n) is 6.32. The summed E-state index contributed by atoms with van der Waals surface area (Å²) in [5.74, 6) is 0. The Morgan fingerprint density at radius 1 is 1.17 bits per heavy atom. The Labute approximate surface area is 128 Å². The monoisotopic (exact) mass is 376 g/mol. The number of benzene rings is 1. The van der Waals surface area contributed by atoms with Gasteiger partial charge in [-0.1, -0.05) is 22.0 Å². The van der Waals surface area contributed by atoms with Crippen LogP contribution in [0.5, 0.6) is 0 Å². The van der Waals surface area contributed by atoms with Crippen LogP contribution in [0.4, 0.5) is 5.69 Å². The fourth-order valence-corrected chi connectivity index (χ4v) is 2.94. The quantitative estimate of drug-likeness (QED) is 0.659. The maximum Gasteiger partial charge on any atom is 0.0510 e. The fourth-order valence-electron chi connectivity index (χ4n) is 1.92. The average molecular weight is 378 g/mol. The van der Waals surface area contributed by atoms with Crippen LogP contribution < -0.4 is 4.90 Å². The molecule has 18 heavy (non-hydrogen) atoms. The van der Waals surface area contributed by atoms with E-state index in [1.54, 1.807) is 0 Å². The third-order valence-electron chi connectivity index (χ3n) is 2.92. The third-order valence-corrected chi connectivity index (χ3v) is 4.20. The van der Waals surface area contributed by atoms with Gasteiger partial charge in [0.05, 0.1) is 5.69 Å². The van der Waals surface area contributed by atoms with E-state index in [9.17, 15) is 0 Å². The van der Waals surface area contributed by atoms with Gasteiger partial charge in [0.2, 0.25) is 0 Å². The van der Waals surface area contributed by atoms with E-state index in [0.717, 1.165) is 25.0 Å². The molecule has 1 rings (SSSR count). The van der Waals surface area contributed by atoms with Crippen LogP contribution in [0.25, 0.3) is 0 Å². The van der Waals surface area contributed by atoms with E-state index in [4.69, 9.17) is 0 Å². The lowest BCUT2D eigenvalue weighted by molar-refractivity contribution is 0.400. The molecule has 0 aliphatic heterocycles. The summed E-state index contributed by atoms with van der Waals surface area (Å²) >= 11 is 7.17. The predicted molar refractivity (Wildman–Crippen MR) is 87.8 cm³/mol. The van der Waals surface area contributed by atoms with Gasteiger partial charge < -0.3 is 9.80 Å². The van der Waals surface area contributed by atoms with E-state index in [1.165, 1.54) is 22.1 Å². The van der Waals surface area contributed by atoms with Gasteiger partial charge in [-0.15, -0.1) is 0 Å². The van der Waals surface area contributed by atoms with Crippen molar-refractivity contribution in [3.05, 3.63) is 28.2 Å². The summed E-state index contributed by atoms with van der Waals surface area (Å²) in [6.07, 6.45) is 1.19. The van der Waals surface area contributed by atoms with Crippen LogP contribution in [0, 0.1) is 0 Å². The smallest absolute Gasteiger partial charge is 0.0510 e. The number of hydrogen-bond donors (Lipinski definition) is 0. The van der Waals surface area contributed by atoms with Crippen molar-refractivity contribution in [3.63, 3.8) is 0 Å². The molecule has 0 unspecified atom stereocenters. The molecule has 0 aromatic heterocycles. The van der Waals surface area contributed by atoms with Crippen molar-refractivity contribution in [2.24, 2.45) is 0 Å². The van der Waals surface area contributed by atoms with Gasteiger partial charge in [0, 0.05) is 22.9 Å². The second-order valence-electron chi connectivity index (χ2n) is 4.66. The minimum Gasteiger partial charge on any atom is -0.371 e. The second kappa shape index (κ2) is 8.18. The van der Waals surface area contributed by atoms with Crippen LogP contribution in [-0.2, 0) is 5.33 Å². The lowest BCUT2D eigenvalue weighted by atomic mass is 10.2. The average Bonchev–Trinajstić information content (AvgIpc) is 2.35. The molecule has 0 aliphatic rings. The van der Waals surface area contributed by atoms with E-state index in [-0.39, 0.29) is 0 Å². The van der Waals surface area contributed by atoms with Crippen molar-refractivity contribution in [1.29, 1.82) is 0 Å². The van der Waals surface area contributed by atoms with Crippen LogP contribution in [-0.4, -0.2) is 38.6 Å². The molecular weight excluding hydrogens is 356 g/mol. The van der Waals surface area contributed by atoms with Crippen molar-refractivity contribution < 1.29 is 0 Å². The summed E-state index contributed by atoms with van der Waals surface area (Å²) in [5, 5.41) is 0.901. The highest BCUT2D eigenvalue weighted by Gasteiger charge is 2.08. The molecular formula is C14H22Br2N2. The second-order valence-corrected chi connectivity index (χ2v) is 6.07. The van der Waals surface area contributed by atoms with Crippen molar-refractivity contribution >= 4 is 37.5 Å². The van der Waals surface area contributed by atoms with Crippen molar-refractivity contribution in [1.82, 2.24) is 4.90 Å². The Bertz CT molecular complexity index is 367. The van der Waals surface area contributed by atoms with Crippen LogP contribution in [0.3, 0.4) is 0 Å². The standard InChI is InChI=1S/C14H22Br2N2/c1-4-18(9-5-8-17(2)3)14-7-6-12(11-15)10-13(14)16/h6-7,10H,4-5,8-9,11H2,1-3H3. The molecule has 1 aromatic carbocycles. The normalized spacial score (nSPS) is 11.0. The van der Waals surface area contributed by atoms with Crippen LogP contribution in [0.1, 0.15) is 18.9 Å². The van der Waals surface area contributed by atoms with Gasteiger partial charge >= 0.3 is 0 Å². The first kappa shape index (κ1) is 16.0. The van der Waals surface area contributed by atoms with E-state index in [0.29, 0.717) is 0 Å². The van der Waals surface area contributed by atoms with Gasteiger partial charge in [0.1, 0.15) is 0 Å². The summed E-state index contributed by atoms with van der Waals surface area (Å²) in [6, 6.07) is 6.59. The third kappa shape index (κ3) is 4.90. The molecule has 102 valence electrons. The Morgan fingerprint density at radius 3 is 2.39 bits per heavy atom. The summed E-state index contributed by atoms with van der Waals surface area (Å²) in [4.78, 5) is 4.66. The Hall–Kier alpha value is -0.0600. The molecule has 0 aliphatic carbocycles. The molecule has 0 N–H and O–H groups in total. The Balaban J connectivity index is 2.69. The minimum atomic E-state index is 0.901. The highest BCUT2D eigenvalue weighted by atomic mass is 79.9. The summed E-state index contributed by atoms with van der Waals surface area (Å²) in [7, 11) is 4.24. The molecule has 0 heterocycles. The lowest BCUT2D eigenvalue weighted by Crippen LogP contribution is -2.27. The molecule has 0 spiro atoms. The van der Waals surface area contributed by atoms with E-state index in [1.807, 2.05) is 0 Å². The largest absolute Gasteiger partial charge is 0.371 e. The van der Waals surface area contributed by atoms with E-state index >= 15 is 0 Å². The number of anilines is 1. The number of hydrogen-bond acceptors (Lipinski definition) is 2. The van der Waals surface area contributed by atoms with Crippen LogP contribution >= 0.6 is 31.9 Å². The molecule has 0 fully saturated rings. The Kier molecular flexibility index (Phi) is 7.27. The molecule has 0 saturated heterocycles. The Morgan fingerprint density at radius 2 is 1.89 bits per heavy atom. The fraction of sp³-hybridized carbons (Fsp3) is 0.571. The molecule has 0 radical (unpaired) electrons. The predicted octanol–water partition coefficient (Wildman–Crippen LogP) is 4.12. The first-order valence-corrected chi connectivity index (χ1v) is 8.24. The van der Waals surface area contributed by atoms with Gasteiger partial charge in [0.15, 0.2) is 0 Å². The SMILES string of the molecule is CCN(CCCN(C)C)c1ccc(CBr)cc1Br. The van der Waals surface area contributed by atoms with Crippen LogP contribution in [0.2, 0.25) is 0 Å². The minimum absolute atomic E-state index is 0.901. The zero-order chi connectivity index (χ0) is 13.5. The zero-order valence-electron chi connectivity index (χ0n) is 11.4. The molecule has 0 bridgehead atoms. The molecule has 0 saturated carbocycles. The van der Waals surface area contributed by atoms with Crippen LogP contribution in [0.15, 0.2) is 22.7 Å². The summed E-state index contributed by atoms with van der Waals surface area (Å²) in [6.45, 7) is 5.48.